The molecule has 1 heterocycles. The number of nitrogens with one attached hydrogen (secondary N) is 1. The molecule has 1 atom stereocenters. The van der Waals surface area contributed by atoms with Crippen LogP contribution in [0.2, 0.25) is 0 Å². The first-order valence-corrected chi connectivity index (χ1v) is 8.31. The van der Waals surface area contributed by atoms with Gasteiger partial charge in [-0.2, -0.15) is 5.10 Å². The molecule has 0 fully saturated rings. The maximum absolute atomic E-state index is 12.5. The number of aromatic nitrogens is 2. The van der Waals surface area contributed by atoms with E-state index >= 15 is 0 Å². The fraction of sp³-hybridized carbons (Fsp3) is 0.222. The van der Waals surface area contributed by atoms with E-state index in [0.717, 1.165) is 26.6 Å². The molecule has 0 aliphatic carbocycles. The van der Waals surface area contributed by atoms with E-state index < -0.39 is 0 Å². The molecule has 0 aliphatic heterocycles. The van der Waals surface area contributed by atoms with Crippen LogP contribution in [0.15, 0.2) is 53.0 Å². The van der Waals surface area contributed by atoms with Gasteiger partial charge in [-0.15, -0.1) is 0 Å². The summed E-state index contributed by atoms with van der Waals surface area (Å²) < 4.78 is 2.80. The Morgan fingerprint density at radius 2 is 2.04 bits per heavy atom. The Morgan fingerprint density at radius 1 is 1.26 bits per heavy atom. The van der Waals surface area contributed by atoms with Crippen LogP contribution in [-0.4, -0.2) is 15.7 Å². The van der Waals surface area contributed by atoms with Crippen molar-refractivity contribution in [1.82, 2.24) is 15.1 Å². The number of halogens is 1. The molecule has 0 saturated carbocycles. The molecule has 0 saturated heterocycles. The van der Waals surface area contributed by atoms with E-state index in [9.17, 15) is 4.79 Å². The van der Waals surface area contributed by atoms with Crippen LogP contribution in [0.5, 0.6) is 0 Å². The summed E-state index contributed by atoms with van der Waals surface area (Å²) in [5, 5.41) is 8.59. The number of carbonyl (C=O) groups is 1. The predicted molar refractivity (Wildman–Crippen MR) is 95.2 cm³/mol. The van der Waals surface area contributed by atoms with Gasteiger partial charge in [0.05, 0.1) is 11.2 Å². The molecule has 23 heavy (non-hydrogen) atoms. The van der Waals surface area contributed by atoms with Crippen LogP contribution in [0.1, 0.15) is 24.2 Å². The van der Waals surface area contributed by atoms with Crippen molar-refractivity contribution in [2.45, 2.75) is 26.4 Å². The van der Waals surface area contributed by atoms with Crippen LogP contribution in [0.4, 0.5) is 0 Å². The molecule has 1 N–H and O–H groups in total. The lowest BCUT2D eigenvalue weighted by Crippen LogP contribution is -2.31. The fourth-order valence-electron chi connectivity index (χ4n) is 2.64. The molecule has 0 unspecified atom stereocenters. The minimum Gasteiger partial charge on any atom is -0.350 e. The third kappa shape index (κ3) is 3.29. The van der Waals surface area contributed by atoms with Gasteiger partial charge in [0.25, 0.3) is 0 Å². The lowest BCUT2D eigenvalue weighted by Gasteiger charge is -2.14. The van der Waals surface area contributed by atoms with Crippen LogP contribution in [-0.2, 0) is 11.3 Å². The highest BCUT2D eigenvalue weighted by Gasteiger charge is 2.18. The SMILES string of the molecule is Cc1nn([C@@H](C)C(=O)NCc2cccc(Br)c2)c2ccccc12. The lowest BCUT2D eigenvalue weighted by atomic mass is 10.2. The second-order valence-electron chi connectivity index (χ2n) is 5.57. The molecular weight excluding hydrogens is 354 g/mol. The molecule has 0 radical (unpaired) electrons. The van der Waals surface area contributed by atoms with Gasteiger partial charge in [0.15, 0.2) is 0 Å². The summed E-state index contributed by atoms with van der Waals surface area (Å²) in [7, 11) is 0. The number of benzene rings is 2. The third-order valence-corrected chi connectivity index (χ3v) is 4.39. The van der Waals surface area contributed by atoms with Crippen molar-refractivity contribution in [1.29, 1.82) is 0 Å². The Hall–Kier alpha value is -2.14. The number of para-hydroxylation sites is 1. The van der Waals surface area contributed by atoms with E-state index in [1.165, 1.54) is 0 Å². The summed E-state index contributed by atoms with van der Waals surface area (Å²) in [6.45, 7) is 4.33. The van der Waals surface area contributed by atoms with Gasteiger partial charge in [-0.3, -0.25) is 9.48 Å². The van der Waals surface area contributed by atoms with Gasteiger partial charge in [0.2, 0.25) is 5.91 Å². The predicted octanol–water partition coefficient (Wildman–Crippen LogP) is 3.98. The van der Waals surface area contributed by atoms with Crippen molar-refractivity contribution in [2.24, 2.45) is 0 Å². The quantitative estimate of drug-likeness (QED) is 0.753. The Bertz CT molecular complexity index is 856. The summed E-state index contributed by atoms with van der Waals surface area (Å²) in [5.41, 5.74) is 2.98. The highest BCUT2D eigenvalue weighted by atomic mass is 79.9. The molecule has 2 aromatic carbocycles. The van der Waals surface area contributed by atoms with Crippen LogP contribution < -0.4 is 5.32 Å². The van der Waals surface area contributed by atoms with Crippen molar-refractivity contribution >= 4 is 32.7 Å². The molecule has 0 aliphatic rings. The lowest BCUT2D eigenvalue weighted by molar-refractivity contribution is -0.124. The van der Waals surface area contributed by atoms with Crippen molar-refractivity contribution in [3.63, 3.8) is 0 Å². The van der Waals surface area contributed by atoms with Gasteiger partial charge < -0.3 is 5.32 Å². The summed E-state index contributed by atoms with van der Waals surface area (Å²) in [6, 6.07) is 15.5. The second kappa shape index (κ2) is 6.54. The van der Waals surface area contributed by atoms with E-state index in [1.54, 1.807) is 4.68 Å². The topological polar surface area (TPSA) is 46.9 Å². The van der Waals surface area contributed by atoms with Gasteiger partial charge >= 0.3 is 0 Å². The molecular formula is C18H18BrN3O. The summed E-state index contributed by atoms with van der Waals surface area (Å²) in [5.74, 6) is -0.0433. The van der Waals surface area contributed by atoms with Crippen molar-refractivity contribution in [3.8, 4) is 0 Å². The summed E-state index contributed by atoms with van der Waals surface area (Å²) in [6.07, 6.45) is 0. The number of carbonyl (C=O) groups excluding carboxylic acids is 1. The number of hydrogen-bond acceptors (Lipinski definition) is 2. The second-order valence-corrected chi connectivity index (χ2v) is 6.49. The maximum Gasteiger partial charge on any atom is 0.244 e. The number of rotatable bonds is 4. The van der Waals surface area contributed by atoms with E-state index in [4.69, 9.17) is 0 Å². The van der Waals surface area contributed by atoms with E-state index in [0.29, 0.717) is 6.54 Å². The van der Waals surface area contributed by atoms with E-state index in [1.807, 2.05) is 62.4 Å². The molecule has 3 aromatic rings. The van der Waals surface area contributed by atoms with Crippen LogP contribution in [0, 0.1) is 6.92 Å². The highest BCUT2D eigenvalue weighted by Crippen LogP contribution is 2.21. The number of nitrogens with zero attached hydrogens (tertiary/aromatic N) is 2. The van der Waals surface area contributed by atoms with Crippen molar-refractivity contribution in [3.05, 3.63) is 64.3 Å². The number of fused-ring (bicyclic) bond motifs is 1. The average molecular weight is 372 g/mol. The normalized spacial score (nSPS) is 12.3. The number of aryl methyl sites for hydroxylation is 1. The first-order chi connectivity index (χ1) is 11.1. The first-order valence-electron chi connectivity index (χ1n) is 7.52. The average Bonchev–Trinajstić information content (AvgIpc) is 2.89. The zero-order chi connectivity index (χ0) is 16.4. The van der Waals surface area contributed by atoms with Gasteiger partial charge in [-0.05, 0) is 37.6 Å². The van der Waals surface area contributed by atoms with Crippen LogP contribution in [0.25, 0.3) is 10.9 Å². The first kappa shape index (κ1) is 15.7. The molecule has 1 amide bonds. The Balaban J connectivity index is 1.76. The highest BCUT2D eigenvalue weighted by molar-refractivity contribution is 9.10. The van der Waals surface area contributed by atoms with Crippen molar-refractivity contribution in [2.75, 3.05) is 0 Å². The largest absolute Gasteiger partial charge is 0.350 e. The van der Waals surface area contributed by atoms with E-state index in [-0.39, 0.29) is 11.9 Å². The van der Waals surface area contributed by atoms with Gasteiger partial charge in [-0.25, -0.2) is 0 Å². The Labute approximate surface area is 143 Å². The summed E-state index contributed by atoms with van der Waals surface area (Å²) >= 11 is 3.44. The smallest absolute Gasteiger partial charge is 0.244 e. The zero-order valence-corrected chi connectivity index (χ0v) is 14.7. The fourth-order valence-corrected chi connectivity index (χ4v) is 3.09. The molecule has 0 bridgehead atoms. The van der Waals surface area contributed by atoms with Crippen molar-refractivity contribution < 1.29 is 4.79 Å². The third-order valence-electron chi connectivity index (χ3n) is 3.90. The maximum atomic E-state index is 12.5. The van der Waals surface area contributed by atoms with Gasteiger partial charge in [0, 0.05) is 16.4 Å². The molecule has 1 aromatic heterocycles. The van der Waals surface area contributed by atoms with Gasteiger partial charge in [0.1, 0.15) is 6.04 Å². The van der Waals surface area contributed by atoms with Crippen LogP contribution in [0.3, 0.4) is 0 Å². The van der Waals surface area contributed by atoms with E-state index in [2.05, 4.69) is 26.3 Å². The minimum absolute atomic E-state index is 0.0433. The zero-order valence-electron chi connectivity index (χ0n) is 13.1. The monoisotopic (exact) mass is 371 g/mol. The number of hydrogen-bond donors (Lipinski definition) is 1. The Morgan fingerprint density at radius 3 is 2.83 bits per heavy atom. The molecule has 4 nitrogen and oxygen atoms in total. The number of amides is 1. The summed E-state index contributed by atoms with van der Waals surface area (Å²) in [4.78, 5) is 12.5. The molecule has 3 rings (SSSR count). The van der Waals surface area contributed by atoms with Gasteiger partial charge in [-0.1, -0.05) is 46.3 Å². The minimum atomic E-state index is -0.360. The van der Waals surface area contributed by atoms with Crippen LogP contribution >= 0.6 is 15.9 Å². The Kier molecular flexibility index (Phi) is 4.48. The molecule has 0 spiro atoms. The standard InChI is InChI=1S/C18H18BrN3O/c1-12-16-8-3-4-9-17(16)22(21-12)13(2)18(23)20-11-14-6-5-7-15(19)10-14/h3-10,13H,11H2,1-2H3,(H,20,23)/t13-/m0/s1. The molecule has 118 valence electrons. The molecule has 5 heteroatoms.